The second kappa shape index (κ2) is 8.86. The molecule has 120 valence electrons. The molecule has 1 aromatic rings. The van der Waals surface area contributed by atoms with Gasteiger partial charge in [-0.15, -0.1) is 12.4 Å². The number of benzene rings is 1. The summed E-state index contributed by atoms with van der Waals surface area (Å²) in [5, 5.41) is 5.84. The second-order valence-electron chi connectivity index (χ2n) is 4.75. The van der Waals surface area contributed by atoms with E-state index in [1.54, 1.807) is 24.3 Å². The molecule has 8 heteroatoms. The molecule has 0 radical (unpaired) electrons. The topological polar surface area (TPSA) is 87.3 Å². The summed E-state index contributed by atoms with van der Waals surface area (Å²) in [6.07, 6.45) is 1.31. The first-order chi connectivity index (χ1) is 9.30. The van der Waals surface area contributed by atoms with Crippen LogP contribution in [0.5, 0.6) is 0 Å². The molecule has 0 fully saturated rings. The number of nitrogens with one attached hydrogen (secondary N) is 3. The number of amides is 1. The Balaban J connectivity index is 0.00000400. The van der Waals surface area contributed by atoms with Gasteiger partial charge in [0, 0.05) is 18.3 Å². The summed E-state index contributed by atoms with van der Waals surface area (Å²) in [7, 11) is -1.48. The minimum absolute atomic E-state index is 0. The summed E-state index contributed by atoms with van der Waals surface area (Å²) in [5.74, 6) is -0.0939. The van der Waals surface area contributed by atoms with Crippen LogP contribution in [0.3, 0.4) is 0 Å². The number of hydrogen-bond acceptors (Lipinski definition) is 4. The lowest BCUT2D eigenvalue weighted by Gasteiger charge is -2.11. The number of halogens is 1. The number of anilines is 1. The number of carbonyl (C=O) groups is 1. The van der Waals surface area contributed by atoms with Crippen molar-refractivity contribution in [2.24, 2.45) is 0 Å². The zero-order chi connectivity index (χ0) is 15.2. The average Bonchev–Trinajstić information content (AvgIpc) is 2.34. The van der Waals surface area contributed by atoms with Gasteiger partial charge in [-0.3, -0.25) is 9.52 Å². The predicted molar refractivity (Wildman–Crippen MR) is 87.4 cm³/mol. The number of rotatable bonds is 7. The Kier molecular flexibility index (Phi) is 8.31. The number of hydrogen-bond donors (Lipinski definition) is 3. The maximum Gasteiger partial charge on any atom is 0.229 e. The maximum atomic E-state index is 11.8. The molecular weight excluding hydrogens is 314 g/mol. The molecule has 0 bridgehead atoms. The summed E-state index contributed by atoms with van der Waals surface area (Å²) >= 11 is 0. The van der Waals surface area contributed by atoms with Crippen molar-refractivity contribution in [1.82, 2.24) is 10.6 Å². The third-order valence-corrected chi connectivity index (χ3v) is 3.30. The SMILES string of the molecule is CNC(C)CNC(=O)Cc1cccc(NS(C)(=O)=O)c1.Cl. The van der Waals surface area contributed by atoms with E-state index in [1.807, 2.05) is 14.0 Å². The van der Waals surface area contributed by atoms with Gasteiger partial charge in [-0.1, -0.05) is 12.1 Å². The Labute approximate surface area is 132 Å². The first-order valence-corrected chi connectivity index (χ1v) is 8.20. The molecule has 1 amide bonds. The van der Waals surface area contributed by atoms with Gasteiger partial charge in [0.1, 0.15) is 0 Å². The van der Waals surface area contributed by atoms with E-state index in [9.17, 15) is 13.2 Å². The fraction of sp³-hybridized carbons (Fsp3) is 0.462. The van der Waals surface area contributed by atoms with E-state index in [4.69, 9.17) is 0 Å². The van der Waals surface area contributed by atoms with E-state index in [0.717, 1.165) is 11.8 Å². The minimum atomic E-state index is -3.31. The molecule has 0 aliphatic carbocycles. The first kappa shape index (κ1) is 19.7. The van der Waals surface area contributed by atoms with Crippen LogP contribution in [-0.4, -0.2) is 40.2 Å². The Morgan fingerprint density at radius 1 is 1.33 bits per heavy atom. The van der Waals surface area contributed by atoms with Crippen molar-refractivity contribution in [3.8, 4) is 0 Å². The van der Waals surface area contributed by atoms with Crippen LogP contribution in [0, 0.1) is 0 Å². The molecule has 1 atom stereocenters. The molecule has 1 aromatic carbocycles. The summed E-state index contributed by atoms with van der Waals surface area (Å²) in [6.45, 7) is 2.52. The molecule has 0 aliphatic heterocycles. The van der Waals surface area contributed by atoms with Gasteiger partial charge < -0.3 is 10.6 Å². The van der Waals surface area contributed by atoms with Gasteiger partial charge in [0.15, 0.2) is 0 Å². The van der Waals surface area contributed by atoms with Crippen LogP contribution in [-0.2, 0) is 21.2 Å². The maximum absolute atomic E-state index is 11.8. The van der Waals surface area contributed by atoms with Crippen molar-refractivity contribution < 1.29 is 13.2 Å². The lowest BCUT2D eigenvalue weighted by molar-refractivity contribution is -0.120. The van der Waals surface area contributed by atoms with Crippen LogP contribution in [0.1, 0.15) is 12.5 Å². The standard InChI is InChI=1S/C13H21N3O3S.ClH/c1-10(14-2)9-15-13(17)8-11-5-4-6-12(7-11)16-20(3,18)19;/h4-7,10,14,16H,8-9H2,1-3H3,(H,15,17);1H. The van der Waals surface area contributed by atoms with E-state index in [0.29, 0.717) is 12.2 Å². The highest BCUT2D eigenvalue weighted by atomic mass is 35.5. The zero-order valence-corrected chi connectivity index (χ0v) is 14.0. The van der Waals surface area contributed by atoms with Crippen molar-refractivity contribution in [1.29, 1.82) is 0 Å². The molecule has 6 nitrogen and oxygen atoms in total. The molecule has 1 rings (SSSR count). The highest BCUT2D eigenvalue weighted by Gasteiger charge is 2.07. The Hall–Kier alpha value is -1.31. The summed E-state index contributed by atoms with van der Waals surface area (Å²) in [6, 6.07) is 7.01. The van der Waals surface area contributed by atoms with Gasteiger partial charge in [-0.05, 0) is 31.7 Å². The Bertz CT molecular complexity index is 564. The molecule has 1 unspecified atom stereocenters. The summed E-state index contributed by atoms with van der Waals surface area (Å²) < 4.78 is 24.7. The number of carbonyl (C=O) groups excluding carboxylic acids is 1. The van der Waals surface area contributed by atoms with E-state index in [-0.39, 0.29) is 30.8 Å². The summed E-state index contributed by atoms with van der Waals surface area (Å²) in [4.78, 5) is 11.8. The smallest absolute Gasteiger partial charge is 0.229 e. The van der Waals surface area contributed by atoms with Crippen molar-refractivity contribution in [2.45, 2.75) is 19.4 Å². The minimum Gasteiger partial charge on any atom is -0.354 e. The third kappa shape index (κ3) is 8.54. The van der Waals surface area contributed by atoms with Gasteiger partial charge in [0.25, 0.3) is 0 Å². The lowest BCUT2D eigenvalue weighted by atomic mass is 10.1. The quantitative estimate of drug-likeness (QED) is 0.686. The Morgan fingerprint density at radius 3 is 2.57 bits per heavy atom. The van der Waals surface area contributed by atoms with Crippen molar-refractivity contribution in [2.75, 3.05) is 24.6 Å². The molecule has 3 N–H and O–H groups in total. The van der Waals surface area contributed by atoms with Crippen LogP contribution >= 0.6 is 12.4 Å². The summed E-state index contributed by atoms with van der Waals surface area (Å²) in [5.41, 5.74) is 1.22. The van der Waals surface area contributed by atoms with E-state index < -0.39 is 10.0 Å². The highest BCUT2D eigenvalue weighted by Crippen LogP contribution is 2.12. The Morgan fingerprint density at radius 2 is 2.00 bits per heavy atom. The zero-order valence-electron chi connectivity index (χ0n) is 12.3. The highest BCUT2D eigenvalue weighted by molar-refractivity contribution is 7.92. The van der Waals surface area contributed by atoms with E-state index in [2.05, 4.69) is 15.4 Å². The van der Waals surface area contributed by atoms with Gasteiger partial charge in [0.2, 0.25) is 15.9 Å². The average molecular weight is 336 g/mol. The van der Waals surface area contributed by atoms with Crippen LogP contribution in [0.2, 0.25) is 0 Å². The molecule has 0 aromatic heterocycles. The van der Waals surface area contributed by atoms with Gasteiger partial charge in [-0.25, -0.2) is 8.42 Å². The fourth-order valence-corrected chi connectivity index (χ4v) is 2.13. The van der Waals surface area contributed by atoms with Crippen LogP contribution in [0.15, 0.2) is 24.3 Å². The lowest BCUT2D eigenvalue weighted by Crippen LogP contribution is -2.37. The number of sulfonamides is 1. The van der Waals surface area contributed by atoms with Crippen molar-refractivity contribution in [3.63, 3.8) is 0 Å². The molecule has 0 spiro atoms. The number of likely N-dealkylation sites (N-methyl/N-ethyl adjacent to an activating group) is 1. The van der Waals surface area contributed by atoms with Crippen LogP contribution in [0.25, 0.3) is 0 Å². The molecule has 0 aliphatic rings. The van der Waals surface area contributed by atoms with Gasteiger partial charge >= 0.3 is 0 Å². The largest absolute Gasteiger partial charge is 0.354 e. The second-order valence-corrected chi connectivity index (χ2v) is 6.49. The molecule has 0 saturated heterocycles. The van der Waals surface area contributed by atoms with Crippen molar-refractivity contribution in [3.05, 3.63) is 29.8 Å². The monoisotopic (exact) mass is 335 g/mol. The molecule has 0 saturated carbocycles. The fourth-order valence-electron chi connectivity index (χ4n) is 1.58. The third-order valence-electron chi connectivity index (χ3n) is 2.69. The van der Waals surface area contributed by atoms with Crippen LogP contribution < -0.4 is 15.4 Å². The van der Waals surface area contributed by atoms with Gasteiger partial charge in [0.05, 0.1) is 12.7 Å². The first-order valence-electron chi connectivity index (χ1n) is 6.31. The molecular formula is C13H22ClN3O3S. The predicted octanol–water partition coefficient (Wildman–Crippen LogP) is 0.747. The molecule has 21 heavy (non-hydrogen) atoms. The van der Waals surface area contributed by atoms with E-state index >= 15 is 0 Å². The van der Waals surface area contributed by atoms with E-state index in [1.165, 1.54) is 0 Å². The van der Waals surface area contributed by atoms with Crippen molar-refractivity contribution >= 4 is 34.0 Å². The normalized spacial score (nSPS) is 12.1. The van der Waals surface area contributed by atoms with Gasteiger partial charge in [-0.2, -0.15) is 0 Å². The van der Waals surface area contributed by atoms with Crippen LogP contribution in [0.4, 0.5) is 5.69 Å². The molecule has 0 heterocycles.